The number of thioether (sulfide) groups is 1. The van der Waals surface area contributed by atoms with Gasteiger partial charge in [0.2, 0.25) is 0 Å². The molecule has 0 saturated carbocycles. The Morgan fingerprint density at radius 2 is 1.59 bits per heavy atom. The van der Waals surface area contributed by atoms with Crippen LogP contribution in [0.5, 0.6) is 0 Å². The number of alkyl halides is 1. The first-order valence-corrected chi connectivity index (χ1v) is 7.15. The van der Waals surface area contributed by atoms with Crippen LogP contribution in [0.15, 0.2) is 52.4 Å². The van der Waals surface area contributed by atoms with Crippen LogP contribution < -0.4 is 0 Å². The predicted molar refractivity (Wildman–Crippen MR) is 82.6 cm³/mol. The molecule has 0 radical (unpaired) electrons. The van der Waals surface area contributed by atoms with Gasteiger partial charge in [-0.2, -0.15) is 0 Å². The van der Waals surface area contributed by atoms with Crippen molar-refractivity contribution >= 4 is 46.6 Å². The molecule has 1 aromatic rings. The molecule has 94 valence electrons. The molecular weight excluding hydrogens is 295 g/mol. The van der Waals surface area contributed by atoms with Crippen LogP contribution in [0, 0.1) is 6.92 Å². The van der Waals surface area contributed by atoms with Gasteiger partial charge in [-0.15, -0.1) is 23.4 Å². The third-order valence-corrected chi connectivity index (χ3v) is 3.54. The van der Waals surface area contributed by atoms with Gasteiger partial charge in [-0.05, 0) is 19.1 Å². The Balaban J connectivity index is 0.000000437. The van der Waals surface area contributed by atoms with Gasteiger partial charge < -0.3 is 0 Å². The van der Waals surface area contributed by atoms with E-state index in [4.69, 9.17) is 34.8 Å². The smallest absolute Gasteiger partial charge is 0.0575 e. The van der Waals surface area contributed by atoms with Crippen molar-refractivity contribution in [2.75, 3.05) is 11.6 Å². The Hall–Kier alpha value is -0.0800. The monoisotopic (exact) mass is 308 g/mol. The highest BCUT2D eigenvalue weighted by Gasteiger charge is 1.93. The fraction of sp³-hybridized carbons (Fsp3) is 0.231. The van der Waals surface area contributed by atoms with Gasteiger partial charge in [-0.25, -0.2) is 0 Å². The molecule has 0 amide bonds. The standard InChI is InChI=1S/C10H11ClS.C3H4Cl2/c1-8-3-5-10(6-4-8)12-7-9(2)11;1-3(5)2-4/h3-6H,2,7H2,1H3;1-2H2. The Kier molecular flexibility index (Phi) is 9.85. The topological polar surface area (TPSA) is 0 Å². The first-order chi connectivity index (χ1) is 7.95. The molecule has 4 heteroatoms. The molecule has 0 aromatic heterocycles. The molecule has 1 rings (SSSR count). The van der Waals surface area contributed by atoms with E-state index in [-0.39, 0.29) is 0 Å². The molecule has 0 bridgehead atoms. The summed E-state index contributed by atoms with van der Waals surface area (Å²) in [5.74, 6) is 1.13. The van der Waals surface area contributed by atoms with Gasteiger partial charge in [0, 0.05) is 20.7 Å². The van der Waals surface area contributed by atoms with E-state index in [0.29, 0.717) is 15.9 Å². The van der Waals surface area contributed by atoms with E-state index in [1.54, 1.807) is 11.8 Å². The number of halogens is 3. The highest BCUT2D eigenvalue weighted by Crippen LogP contribution is 2.21. The molecule has 0 aliphatic heterocycles. The van der Waals surface area contributed by atoms with E-state index in [1.165, 1.54) is 10.5 Å². The van der Waals surface area contributed by atoms with E-state index >= 15 is 0 Å². The quantitative estimate of drug-likeness (QED) is 0.499. The van der Waals surface area contributed by atoms with Crippen LogP contribution in [0.25, 0.3) is 0 Å². The summed E-state index contributed by atoms with van der Waals surface area (Å²) in [5, 5.41) is 1.19. The number of aryl methyl sites for hydroxylation is 1. The van der Waals surface area contributed by atoms with Crippen LogP contribution in [-0.4, -0.2) is 11.6 Å². The number of hydrogen-bond acceptors (Lipinski definition) is 1. The Bertz CT molecular complexity index is 357. The van der Waals surface area contributed by atoms with Crippen LogP contribution >= 0.6 is 46.6 Å². The summed E-state index contributed by atoms with van der Waals surface area (Å²) in [4.78, 5) is 1.24. The summed E-state index contributed by atoms with van der Waals surface area (Å²) >= 11 is 17.6. The molecule has 0 atom stereocenters. The Labute approximate surface area is 123 Å². The molecular formula is C13H15Cl3S. The van der Waals surface area contributed by atoms with Gasteiger partial charge in [0.15, 0.2) is 0 Å². The summed E-state index contributed by atoms with van der Waals surface area (Å²) in [6.07, 6.45) is 0. The number of rotatable bonds is 4. The van der Waals surface area contributed by atoms with Crippen molar-refractivity contribution in [3.8, 4) is 0 Å². The molecule has 0 aliphatic rings. The van der Waals surface area contributed by atoms with E-state index in [2.05, 4.69) is 44.3 Å². The zero-order valence-corrected chi connectivity index (χ0v) is 12.8. The second-order valence-corrected chi connectivity index (χ2v) is 5.65. The zero-order chi connectivity index (χ0) is 13.3. The van der Waals surface area contributed by atoms with E-state index < -0.39 is 0 Å². The fourth-order valence-electron chi connectivity index (χ4n) is 0.796. The maximum Gasteiger partial charge on any atom is 0.0575 e. The Morgan fingerprint density at radius 3 is 1.94 bits per heavy atom. The normalized spacial score (nSPS) is 9.18. The SMILES string of the molecule is C=C(Cl)CCl.C=C(Cl)CSc1ccc(C)cc1. The van der Waals surface area contributed by atoms with Crippen LogP contribution in [0.2, 0.25) is 0 Å². The first-order valence-electron chi connectivity index (χ1n) is 4.87. The minimum atomic E-state index is 0.349. The van der Waals surface area contributed by atoms with Crippen molar-refractivity contribution in [3.63, 3.8) is 0 Å². The third-order valence-electron chi connectivity index (χ3n) is 1.56. The predicted octanol–water partition coefficient (Wildman–Crippen LogP) is 5.82. The van der Waals surface area contributed by atoms with Gasteiger partial charge >= 0.3 is 0 Å². The summed E-state index contributed by atoms with van der Waals surface area (Å²) in [6, 6.07) is 8.39. The zero-order valence-electron chi connectivity index (χ0n) is 9.68. The third kappa shape index (κ3) is 10.8. The summed E-state index contributed by atoms with van der Waals surface area (Å²) in [6.45, 7) is 9.02. The van der Waals surface area contributed by atoms with Crippen LogP contribution in [0.4, 0.5) is 0 Å². The van der Waals surface area contributed by atoms with E-state index in [0.717, 1.165) is 5.75 Å². The molecule has 0 N–H and O–H groups in total. The number of allylic oxidation sites excluding steroid dienone is 1. The molecule has 0 fully saturated rings. The molecule has 0 unspecified atom stereocenters. The fourth-order valence-corrected chi connectivity index (χ4v) is 1.61. The first kappa shape index (κ1) is 16.9. The van der Waals surface area contributed by atoms with Crippen molar-refractivity contribution in [1.29, 1.82) is 0 Å². The highest BCUT2D eigenvalue weighted by atomic mass is 35.5. The highest BCUT2D eigenvalue weighted by molar-refractivity contribution is 7.99. The minimum absolute atomic E-state index is 0.349. The maximum atomic E-state index is 5.64. The maximum absolute atomic E-state index is 5.64. The Morgan fingerprint density at radius 1 is 1.12 bits per heavy atom. The lowest BCUT2D eigenvalue weighted by Gasteiger charge is -1.99. The molecule has 0 nitrogen and oxygen atoms in total. The molecule has 0 spiro atoms. The molecule has 17 heavy (non-hydrogen) atoms. The van der Waals surface area contributed by atoms with Crippen molar-refractivity contribution in [2.24, 2.45) is 0 Å². The molecule has 0 aliphatic carbocycles. The minimum Gasteiger partial charge on any atom is -0.121 e. The molecule has 0 saturated heterocycles. The van der Waals surface area contributed by atoms with Crippen molar-refractivity contribution in [3.05, 3.63) is 53.1 Å². The summed E-state index contributed by atoms with van der Waals surface area (Å²) in [5.41, 5.74) is 1.28. The van der Waals surface area contributed by atoms with Gasteiger partial charge in [0.05, 0.1) is 5.88 Å². The van der Waals surface area contributed by atoms with E-state index in [9.17, 15) is 0 Å². The second kappa shape index (κ2) is 9.90. The van der Waals surface area contributed by atoms with Gasteiger partial charge in [0.25, 0.3) is 0 Å². The largest absolute Gasteiger partial charge is 0.121 e. The second-order valence-electron chi connectivity index (χ2n) is 3.27. The van der Waals surface area contributed by atoms with Crippen LogP contribution in [-0.2, 0) is 0 Å². The molecule has 0 heterocycles. The summed E-state index contributed by atoms with van der Waals surface area (Å²) in [7, 11) is 0. The van der Waals surface area contributed by atoms with Gasteiger partial charge in [-0.3, -0.25) is 0 Å². The lowest BCUT2D eigenvalue weighted by Crippen LogP contribution is -1.77. The average molecular weight is 310 g/mol. The van der Waals surface area contributed by atoms with Crippen molar-refractivity contribution < 1.29 is 0 Å². The van der Waals surface area contributed by atoms with Crippen LogP contribution in [0.3, 0.4) is 0 Å². The van der Waals surface area contributed by atoms with Gasteiger partial charge in [0.1, 0.15) is 0 Å². The molecule has 1 aromatic carbocycles. The van der Waals surface area contributed by atoms with Crippen LogP contribution in [0.1, 0.15) is 5.56 Å². The lowest BCUT2D eigenvalue weighted by atomic mass is 10.2. The van der Waals surface area contributed by atoms with Gasteiger partial charge in [-0.1, -0.05) is 54.1 Å². The average Bonchev–Trinajstić information content (AvgIpc) is 2.29. The number of hydrogen-bond donors (Lipinski definition) is 0. The number of benzene rings is 1. The lowest BCUT2D eigenvalue weighted by molar-refractivity contribution is 1.38. The van der Waals surface area contributed by atoms with Crippen molar-refractivity contribution in [1.82, 2.24) is 0 Å². The van der Waals surface area contributed by atoms with E-state index in [1.807, 2.05) is 0 Å². The summed E-state index contributed by atoms with van der Waals surface area (Å²) < 4.78 is 0. The van der Waals surface area contributed by atoms with Crippen molar-refractivity contribution in [2.45, 2.75) is 11.8 Å².